The molecule has 3 aromatic rings. The lowest BCUT2D eigenvalue weighted by Crippen LogP contribution is -2.46. The molecule has 30 heavy (non-hydrogen) atoms. The highest BCUT2D eigenvalue weighted by Gasteiger charge is 2.27. The topological polar surface area (TPSA) is 82.0 Å². The van der Waals surface area contributed by atoms with Gasteiger partial charge >= 0.3 is 0 Å². The third-order valence-electron chi connectivity index (χ3n) is 5.18. The summed E-state index contributed by atoms with van der Waals surface area (Å²) >= 11 is 2.84. The molecule has 0 spiro atoms. The largest absolute Gasteiger partial charge is 0.349 e. The molecule has 1 aliphatic rings. The van der Waals surface area contributed by atoms with Crippen molar-refractivity contribution in [1.29, 1.82) is 5.26 Å². The molecule has 1 amide bonds. The smallest absolute Gasteiger partial charge is 0.263 e. The fraction of sp³-hybridized carbons (Fsp3) is 0.261. The van der Waals surface area contributed by atoms with E-state index in [4.69, 9.17) is 0 Å². The van der Waals surface area contributed by atoms with Gasteiger partial charge in [-0.1, -0.05) is 35.9 Å². The first kappa shape index (κ1) is 20.3. The molecule has 1 atom stereocenters. The molecule has 5 nitrogen and oxygen atoms in total. The molecule has 0 unspecified atom stereocenters. The normalized spacial score (nSPS) is 13.7. The van der Waals surface area contributed by atoms with E-state index in [2.05, 4.69) is 16.7 Å². The third-order valence-corrected chi connectivity index (χ3v) is 7.27. The maximum absolute atomic E-state index is 13.3. The van der Waals surface area contributed by atoms with Gasteiger partial charge in [0.1, 0.15) is 11.1 Å². The van der Waals surface area contributed by atoms with Crippen molar-refractivity contribution < 1.29 is 9.59 Å². The van der Waals surface area contributed by atoms with Crippen LogP contribution in [0.2, 0.25) is 0 Å². The maximum Gasteiger partial charge on any atom is 0.263 e. The summed E-state index contributed by atoms with van der Waals surface area (Å²) in [5.41, 5.74) is 3.24. The highest BCUT2D eigenvalue weighted by molar-refractivity contribution is 7.16. The summed E-state index contributed by atoms with van der Waals surface area (Å²) in [7, 11) is 0. The quantitative estimate of drug-likeness (QED) is 0.425. The Balaban J connectivity index is 1.66. The first-order valence-corrected chi connectivity index (χ1v) is 11.5. The molecule has 2 aromatic heterocycles. The van der Waals surface area contributed by atoms with Crippen LogP contribution in [0.3, 0.4) is 0 Å². The predicted molar refractivity (Wildman–Crippen MR) is 120 cm³/mol. The van der Waals surface area contributed by atoms with Crippen molar-refractivity contribution in [3.8, 4) is 6.07 Å². The number of ketones is 1. The van der Waals surface area contributed by atoms with Gasteiger partial charge in [0.05, 0.1) is 10.4 Å². The SMILES string of the molecule is Cc1ccc(C(=O)[C@H](NC(=O)c2cccs2)Nc2sc3c(c2C#N)CCCC3)cc1. The zero-order valence-electron chi connectivity index (χ0n) is 16.5. The average Bonchev–Trinajstić information content (AvgIpc) is 3.41. The first-order chi connectivity index (χ1) is 14.6. The van der Waals surface area contributed by atoms with Gasteiger partial charge in [-0.05, 0) is 49.6 Å². The van der Waals surface area contributed by atoms with Gasteiger partial charge in [0.2, 0.25) is 5.78 Å². The van der Waals surface area contributed by atoms with Crippen molar-refractivity contribution in [3.05, 3.63) is 73.8 Å². The minimum absolute atomic E-state index is 0.241. The summed E-state index contributed by atoms with van der Waals surface area (Å²) in [4.78, 5) is 27.7. The van der Waals surface area contributed by atoms with Gasteiger partial charge in [-0.2, -0.15) is 5.26 Å². The number of benzene rings is 1. The number of nitrogens with zero attached hydrogens (tertiary/aromatic N) is 1. The van der Waals surface area contributed by atoms with E-state index in [0.717, 1.165) is 36.8 Å². The fourth-order valence-corrected chi connectivity index (χ4v) is 5.47. The zero-order chi connectivity index (χ0) is 21.1. The summed E-state index contributed by atoms with van der Waals surface area (Å²) in [5.74, 6) is -0.557. The summed E-state index contributed by atoms with van der Waals surface area (Å²) in [5, 5.41) is 18.2. The van der Waals surface area contributed by atoms with E-state index in [1.54, 1.807) is 24.3 Å². The lowest BCUT2D eigenvalue weighted by molar-refractivity contribution is 0.0872. The van der Waals surface area contributed by atoms with Crippen molar-refractivity contribution in [1.82, 2.24) is 5.32 Å². The Bertz CT molecular complexity index is 1110. The lowest BCUT2D eigenvalue weighted by atomic mass is 9.96. The van der Waals surface area contributed by atoms with Crippen molar-refractivity contribution in [2.45, 2.75) is 38.8 Å². The number of nitriles is 1. The standard InChI is InChI=1S/C23H21N3O2S2/c1-14-8-10-15(11-9-14)20(27)21(25-22(28)19-7-4-12-29-19)26-23-17(13-24)16-5-2-3-6-18(16)30-23/h4,7-12,21,26H,2-3,5-6H2,1H3,(H,25,28)/t21-/m1/s1. The number of anilines is 1. The van der Waals surface area contributed by atoms with E-state index in [1.807, 2.05) is 24.4 Å². The minimum atomic E-state index is -0.963. The van der Waals surface area contributed by atoms with Crippen molar-refractivity contribution >= 4 is 39.4 Å². The summed E-state index contributed by atoms with van der Waals surface area (Å²) in [6, 6.07) is 13.1. The van der Waals surface area contributed by atoms with E-state index in [9.17, 15) is 14.9 Å². The average molecular weight is 436 g/mol. The van der Waals surface area contributed by atoms with Crippen LogP contribution in [0, 0.1) is 18.3 Å². The van der Waals surface area contributed by atoms with Gasteiger partial charge < -0.3 is 10.6 Å². The van der Waals surface area contributed by atoms with Gasteiger partial charge in [-0.15, -0.1) is 22.7 Å². The van der Waals surface area contributed by atoms with Crippen LogP contribution < -0.4 is 10.6 Å². The van der Waals surface area contributed by atoms with Crippen LogP contribution in [-0.2, 0) is 12.8 Å². The van der Waals surface area contributed by atoms with Gasteiger partial charge in [0.15, 0.2) is 6.17 Å². The molecule has 1 aliphatic carbocycles. The predicted octanol–water partition coefficient (Wildman–Crippen LogP) is 4.92. The Morgan fingerprint density at radius 1 is 1.13 bits per heavy atom. The second kappa shape index (κ2) is 8.82. The van der Waals surface area contributed by atoms with E-state index in [1.165, 1.54) is 27.6 Å². The molecule has 1 aromatic carbocycles. The maximum atomic E-state index is 13.3. The van der Waals surface area contributed by atoms with Gasteiger partial charge in [-0.25, -0.2) is 0 Å². The van der Waals surface area contributed by atoms with Gasteiger partial charge in [0.25, 0.3) is 5.91 Å². The molecule has 0 radical (unpaired) electrons. The number of amides is 1. The summed E-state index contributed by atoms with van der Waals surface area (Å²) in [6.45, 7) is 1.96. The Morgan fingerprint density at radius 2 is 1.90 bits per heavy atom. The number of nitrogens with one attached hydrogen (secondary N) is 2. The Hall–Kier alpha value is -2.95. The first-order valence-electron chi connectivity index (χ1n) is 9.83. The molecule has 2 N–H and O–H groups in total. The Labute approximate surface area is 183 Å². The van der Waals surface area contributed by atoms with Gasteiger partial charge in [-0.3, -0.25) is 9.59 Å². The number of aryl methyl sites for hydroxylation is 2. The molecule has 0 fully saturated rings. The molecule has 0 bridgehead atoms. The summed E-state index contributed by atoms with van der Waals surface area (Å²) in [6.07, 6.45) is 3.05. The van der Waals surface area contributed by atoms with Gasteiger partial charge in [0, 0.05) is 10.4 Å². The van der Waals surface area contributed by atoms with Crippen molar-refractivity contribution in [2.24, 2.45) is 0 Å². The second-order valence-corrected chi connectivity index (χ2v) is 9.34. The van der Waals surface area contributed by atoms with E-state index in [0.29, 0.717) is 21.0 Å². The molecule has 2 heterocycles. The number of hydrogen-bond acceptors (Lipinski definition) is 6. The molecular weight excluding hydrogens is 414 g/mol. The molecule has 0 aliphatic heterocycles. The zero-order valence-corrected chi connectivity index (χ0v) is 18.2. The number of carbonyl (C=O) groups excluding carboxylic acids is 2. The van der Waals surface area contributed by atoms with Crippen molar-refractivity contribution in [3.63, 3.8) is 0 Å². The van der Waals surface area contributed by atoms with Crippen LogP contribution in [0.4, 0.5) is 5.00 Å². The molecule has 0 saturated carbocycles. The number of carbonyl (C=O) groups is 2. The monoisotopic (exact) mass is 435 g/mol. The molecule has 0 saturated heterocycles. The number of rotatable bonds is 6. The van der Waals surface area contributed by atoms with E-state index in [-0.39, 0.29) is 11.7 Å². The number of fused-ring (bicyclic) bond motifs is 1. The van der Waals surface area contributed by atoms with E-state index < -0.39 is 6.17 Å². The van der Waals surface area contributed by atoms with Crippen LogP contribution in [0.1, 0.15) is 54.4 Å². The molecule has 152 valence electrons. The second-order valence-electron chi connectivity index (χ2n) is 7.29. The Kier molecular flexibility index (Phi) is 5.98. The number of hydrogen-bond donors (Lipinski definition) is 2. The molecular formula is C23H21N3O2S2. The molecule has 4 rings (SSSR count). The van der Waals surface area contributed by atoms with E-state index >= 15 is 0 Å². The Morgan fingerprint density at radius 3 is 2.60 bits per heavy atom. The van der Waals surface area contributed by atoms with Crippen LogP contribution >= 0.6 is 22.7 Å². The number of Topliss-reactive ketones (excluding diaryl/α,β-unsaturated/α-hetero) is 1. The highest BCUT2D eigenvalue weighted by atomic mass is 32.1. The van der Waals surface area contributed by atoms with Crippen LogP contribution in [-0.4, -0.2) is 17.9 Å². The van der Waals surface area contributed by atoms with Crippen LogP contribution in [0.25, 0.3) is 0 Å². The van der Waals surface area contributed by atoms with Crippen molar-refractivity contribution in [2.75, 3.05) is 5.32 Å². The fourth-order valence-electron chi connectivity index (χ4n) is 3.58. The highest BCUT2D eigenvalue weighted by Crippen LogP contribution is 2.38. The summed E-state index contributed by atoms with van der Waals surface area (Å²) < 4.78 is 0. The molecule has 7 heteroatoms. The van der Waals surface area contributed by atoms with Crippen LogP contribution in [0.15, 0.2) is 41.8 Å². The lowest BCUT2D eigenvalue weighted by Gasteiger charge is -2.19. The van der Waals surface area contributed by atoms with Crippen LogP contribution in [0.5, 0.6) is 0 Å². The third kappa shape index (κ3) is 4.16. The minimum Gasteiger partial charge on any atom is -0.349 e. The number of thiophene rings is 2.